The summed E-state index contributed by atoms with van der Waals surface area (Å²) in [5.41, 5.74) is 0. The van der Waals surface area contributed by atoms with E-state index in [0.717, 1.165) is 11.4 Å². The molecular formula is C13H15N3O3S. The number of likely N-dealkylation sites (tertiary alicyclic amines) is 1. The molecule has 2 unspecified atom stereocenters. The van der Waals surface area contributed by atoms with Gasteiger partial charge in [-0.3, -0.25) is 9.69 Å². The van der Waals surface area contributed by atoms with Crippen LogP contribution in [0.1, 0.15) is 25.3 Å². The molecule has 1 aliphatic heterocycles. The van der Waals surface area contributed by atoms with Crippen LogP contribution in [0.15, 0.2) is 22.0 Å². The van der Waals surface area contributed by atoms with E-state index in [4.69, 9.17) is 9.63 Å². The van der Waals surface area contributed by atoms with Crippen molar-refractivity contribution in [2.75, 3.05) is 13.1 Å². The molecule has 0 spiro atoms. The molecule has 1 saturated heterocycles. The number of carboxylic acid groups (broad SMARTS) is 1. The van der Waals surface area contributed by atoms with Crippen molar-refractivity contribution >= 4 is 17.3 Å². The smallest absolute Gasteiger partial charge is 0.307 e. The summed E-state index contributed by atoms with van der Waals surface area (Å²) < 4.78 is 5.31. The van der Waals surface area contributed by atoms with Crippen LogP contribution in [0.5, 0.6) is 0 Å². The highest BCUT2D eigenvalue weighted by Crippen LogP contribution is 2.28. The second kappa shape index (κ2) is 5.34. The topological polar surface area (TPSA) is 79.5 Å². The van der Waals surface area contributed by atoms with Crippen LogP contribution in [0.25, 0.3) is 10.7 Å². The van der Waals surface area contributed by atoms with Crippen LogP contribution in [-0.4, -0.2) is 39.2 Å². The Kier molecular flexibility index (Phi) is 3.54. The Bertz CT molecular complexity index is 596. The van der Waals surface area contributed by atoms with Crippen LogP contribution in [0.2, 0.25) is 0 Å². The van der Waals surface area contributed by atoms with Crippen molar-refractivity contribution in [3.8, 4) is 10.7 Å². The minimum Gasteiger partial charge on any atom is -0.481 e. The Hall–Kier alpha value is -1.73. The van der Waals surface area contributed by atoms with Crippen molar-refractivity contribution in [1.82, 2.24) is 15.0 Å². The van der Waals surface area contributed by atoms with Gasteiger partial charge in [0.2, 0.25) is 11.7 Å². The molecule has 2 aromatic rings. The summed E-state index contributed by atoms with van der Waals surface area (Å²) in [4.78, 5) is 18.4. The summed E-state index contributed by atoms with van der Waals surface area (Å²) in [6, 6.07) is 3.83. The normalized spacial score (nSPS) is 21.1. The Morgan fingerprint density at radius 3 is 3.15 bits per heavy atom. The molecule has 0 aliphatic carbocycles. The Morgan fingerprint density at radius 1 is 1.65 bits per heavy atom. The van der Waals surface area contributed by atoms with Crippen LogP contribution in [0.3, 0.4) is 0 Å². The van der Waals surface area contributed by atoms with Gasteiger partial charge in [-0.2, -0.15) is 4.98 Å². The van der Waals surface area contributed by atoms with Gasteiger partial charge in [-0.15, -0.1) is 11.3 Å². The standard InChI is InChI=1S/C13H15N3O3S/c1-8(16-5-4-9(7-16)13(17)18)12-14-11(15-19-12)10-3-2-6-20-10/h2-3,6,8-9H,4-5,7H2,1H3,(H,17,18). The summed E-state index contributed by atoms with van der Waals surface area (Å²) in [6.07, 6.45) is 0.672. The van der Waals surface area contributed by atoms with E-state index in [-0.39, 0.29) is 12.0 Å². The molecule has 106 valence electrons. The van der Waals surface area contributed by atoms with Gasteiger partial charge in [0.1, 0.15) is 0 Å². The second-order valence-corrected chi connectivity index (χ2v) is 5.88. The number of hydrogen-bond donors (Lipinski definition) is 1. The third-order valence-electron chi connectivity index (χ3n) is 3.66. The average Bonchev–Trinajstić information content (AvgIpc) is 3.17. The lowest BCUT2D eigenvalue weighted by atomic mass is 10.1. The third-order valence-corrected chi connectivity index (χ3v) is 4.52. The highest BCUT2D eigenvalue weighted by atomic mass is 32.1. The summed E-state index contributed by atoms with van der Waals surface area (Å²) in [5.74, 6) is 0.108. The largest absolute Gasteiger partial charge is 0.481 e. The van der Waals surface area contributed by atoms with E-state index in [0.29, 0.717) is 24.7 Å². The fraction of sp³-hybridized carbons (Fsp3) is 0.462. The second-order valence-electron chi connectivity index (χ2n) is 4.93. The maximum atomic E-state index is 11.0. The molecule has 0 saturated carbocycles. The highest BCUT2D eigenvalue weighted by Gasteiger charge is 2.33. The first-order valence-electron chi connectivity index (χ1n) is 6.49. The Labute approximate surface area is 120 Å². The van der Waals surface area contributed by atoms with E-state index in [1.54, 1.807) is 11.3 Å². The first-order valence-corrected chi connectivity index (χ1v) is 7.37. The van der Waals surface area contributed by atoms with Crippen molar-refractivity contribution < 1.29 is 14.4 Å². The molecule has 6 nitrogen and oxygen atoms in total. The molecule has 1 aliphatic rings. The van der Waals surface area contributed by atoms with Gasteiger partial charge in [0, 0.05) is 6.54 Å². The van der Waals surface area contributed by atoms with Gasteiger partial charge in [0.15, 0.2) is 0 Å². The number of aromatic nitrogens is 2. The van der Waals surface area contributed by atoms with E-state index in [1.165, 1.54) is 0 Å². The van der Waals surface area contributed by atoms with Crippen molar-refractivity contribution in [1.29, 1.82) is 0 Å². The van der Waals surface area contributed by atoms with E-state index < -0.39 is 5.97 Å². The molecule has 0 aromatic carbocycles. The van der Waals surface area contributed by atoms with Crippen LogP contribution < -0.4 is 0 Å². The molecule has 2 aromatic heterocycles. The Morgan fingerprint density at radius 2 is 2.50 bits per heavy atom. The number of aliphatic carboxylic acids is 1. The van der Waals surface area contributed by atoms with Gasteiger partial charge in [-0.05, 0) is 31.3 Å². The molecule has 2 atom stereocenters. The SMILES string of the molecule is CC(c1nc(-c2cccs2)no1)N1CCC(C(=O)O)C1. The van der Waals surface area contributed by atoms with Gasteiger partial charge < -0.3 is 9.63 Å². The lowest BCUT2D eigenvalue weighted by Gasteiger charge is -2.20. The van der Waals surface area contributed by atoms with Crippen molar-refractivity contribution in [2.24, 2.45) is 5.92 Å². The molecule has 7 heteroatoms. The molecule has 1 N–H and O–H groups in total. The number of hydrogen-bond acceptors (Lipinski definition) is 6. The van der Waals surface area contributed by atoms with E-state index in [1.807, 2.05) is 24.4 Å². The lowest BCUT2D eigenvalue weighted by molar-refractivity contribution is -0.141. The first kappa shape index (κ1) is 13.3. The average molecular weight is 293 g/mol. The summed E-state index contributed by atoms with van der Waals surface area (Å²) in [7, 11) is 0. The molecule has 0 bridgehead atoms. The number of rotatable bonds is 4. The minimum absolute atomic E-state index is 0.0550. The maximum absolute atomic E-state index is 11.0. The summed E-state index contributed by atoms with van der Waals surface area (Å²) in [6.45, 7) is 3.25. The van der Waals surface area contributed by atoms with Gasteiger partial charge in [0.05, 0.1) is 16.8 Å². The molecule has 0 amide bonds. The zero-order valence-electron chi connectivity index (χ0n) is 11.0. The minimum atomic E-state index is -0.732. The Balaban J connectivity index is 1.72. The quantitative estimate of drug-likeness (QED) is 0.931. The van der Waals surface area contributed by atoms with Crippen LogP contribution in [-0.2, 0) is 4.79 Å². The van der Waals surface area contributed by atoms with Crippen LogP contribution >= 0.6 is 11.3 Å². The predicted molar refractivity (Wildman–Crippen MR) is 73.3 cm³/mol. The first-order chi connectivity index (χ1) is 9.65. The van der Waals surface area contributed by atoms with Crippen LogP contribution in [0.4, 0.5) is 0 Å². The van der Waals surface area contributed by atoms with E-state index in [2.05, 4.69) is 15.0 Å². The van der Waals surface area contributed by atoms with Crippen molar-refractivity contribution in [2.45, 2.75) is 19.4 Å². The van der Waals surface area contributed by atoms with Gasteiger partial charge in [0.25, 0.3) is 0 Å². The third kappa shape index (κ3) is 2.46. The van der Waals surface area contributed by atoms with Gasteiger partial charge in [-0.1, -0.05) is 11.2 Å². The number of carbonyl (C=O) groups is 1. The zero-order chi connectivity index (χ0) is 14.1. The fourth-order valence-electron chi connectivity index (χ4n) is 2.41. The molecule has 0 radical (unpaired) electrons. The van der Waals surface area contributed by atoms with Crippen molar-refractivity contribution in [3.05, 3.63) is 23.4 Å². The molecular weight excluding hydrogens is 278 g/mol. The number of carboxylic acids is 1. The maximum Gasteiger partial charge on any atom is 0.307 e. The van der Waals surface area contributed by atoms with Gasteiger partial charge >= 0.3 is 5.97 Å². The van der Waals surface area contributed by atoms with E-state index in [9.17, 15) is 4.79 Å². The molecule has 3 rings (SSSR count). The molecule has 20 heavy (non-hydrogen) atoms. The van der Waals surface area contributed by atoms with Crippen molar-refractivity contribution in [3.63, 3.8) is 0 Å². The summed E-state index contributed by atoms with van der Waals surface area (Å²) in [5, 5.41) is 15.0. The monoisotopic (exact) mass is 293 g/mol. The van der Waals surface area contributed by atoms with Gasteiger partial charge in [-0.25, -0.2) is 0 Å². The fourth-order valence-corrected chi connectivity index (χ4v) is 3.06. The number of nitrogens with zero attached hydrogens (tertiary/aromatic N) is 3. The highest BCUT2D eigenvalue weighted by molar-refractivity contribution is 7.13. The lowest BCUT2D eigenvalue weighted by Crippen LogP contribution is -2.26. The zero-order valence-corrected chi connectivity index (χ0v) is 11.8. The molecule has 1 fully saturated rings. The summed E-state index contributed by atoms with van der Waals surface area (Å²) >= 11 is 1.56. The van der Waals surface area contributed by atoms with E-state index >= 15 is 0 Å². The number of thiophene rings is 1. The predicted octanol–water partition coefficient (Wildman–Crippen LogP) is 2.27. The molecule has 3 heterocycles. The van der Waals surface area contributed by atoms with Crippen LogP contribution in [0, 0.1) is 5.92 Å².